The highest BCUT2D eigenvalue weighted by Gasteiger charge is 2.26. The number of hydrogen-bond donors (Lipinski definition) is 0. The van der Waals surface area contributed by atoms with E-state index in [-0.39, 0.29) is 19.8 Å². The highest BCUT2D eigenvalue weighted by molar-refractivity contribution is 5.79. The number of esters is 1. The molecule has 0 atom stereocenters. The highest BCUT2D eigenvalue weighted by atomic mass is 16.6. The van der Waals surface area contributed by atoms with Gasteiger partial charge < -0.3 is 9.47 Å². The quantitative estimate of drug-likeness (QED) is 0.371. The largest absolute Gasteiger partial charge is 0.465 e. The van der Waals surface area contributed by atoms with Crippen LogP contribution in [0.25, 0.3) is 0 Å². The molecule has 2 rings (SSSR count). The Bertz CT molecular complexity index is 775. The summed E-state index contributed by atoms with van der Waals surface area (Å²) in [5, 5.41) is 2.89. The minimum Gasteiger partial charge on any atom is -0.465 e. The molecule has 148 valence electrons. The molecule has 6 nitrogen and oxygen atoms in total. The lowest BCUT2D eigenvalue weighted by molar-refractivity contribution is -0.144. The SMILES string of the molecule is C=CCN(c1ccc(C)cc1)N(CC(=O)OCC)C(=O)OCc1ccccc1. The normalized spacial score (nSPS) is 10.1. The number of rotatable bonds is 9. The molecule has 0 aliphatic heterocycles. The zero-order valence-corrected chi connectivity index (χ0v) is 16.3. The van der Waals surface area contributed by atoms with Crippen LogP contribution in [0.2, 0.25) is 0 Å². The molecule has 0 fully saturated rings. The third-order valence-electron chi connectivity index (χ3n) is 3.93. The lowest BCUT2D eigenvalue weighted by Crippen LogP contribution is -2.50. The molecular formula is C22H26N2O4. The number of ether oxygens (including phenoxy) is 2. The molecule has 0 spiro atoms. The second-order valence-electron chi connectivity index (χ2n) is 6.11. The predicted molar refractivity (Wildman–Crippen MR) is 109 cm³/mol. The molecule has 0 aliphatic rings. The van der Waals surface area contributed by atoms with Crippen LogP contribution in [0.3, 0.4) is 0 Å². The van der Waals surface area contributed by atoms with Gasteiger partial charge in [0, 0.05) is 0 Å². The van der Waals surface area contributed by atoms with Gasteiger partial charge in [0.1, 0.15) is 13.2 Å². The molecule has 6 heteroatoms. The topological polar surface area (TPSA) is 59.1 Å². The van der Waals surface area contributed by atoms with E-state index in [9.17, 15) is 9.59 Å². The molecule has 0 aromatic heterocycles. The van der Waals surface area contributed by atoms with E-state index < -0.39 is 12.1 Å². The van der Waals surface area contributed by atoms with E-state index in [0.717, 1.165) is 16.8 Å². The average Bonchev–Trinajstić information content (AvgIpc) is 2.70. The maximum absolute atomic E-state index is 12.8. The fraction of sp³-hybridized carbons (Fsp3) is 0.273. The number of amides is 1. The molecule has 1 amide bonds. The Hall–Kier alpha value is -3.28. The number of anilines is 1. The van der Waals surface area contributed by atoms with Gasteiger partial charge in [-0.1, -0.05) is 54.1 Å². The van der Waals surface area contributed by atoms with Gasteiger partial charge in [0.05, 0.1) is 18.8 Å². The number of benzene rings is 2. The Labute approximate surface area is 165 Å². The van der Waals surface area contributed by atoms with Crippen molar-refractivity contribution in [3.8, 4) is 0 Å². The molecular weight excluding hydrogens is 356 g/mol. The third-order valence-corrected chi connectivity index (χ3v) is 3.93. The summed E-state index contributed by atoms with van der Waals surface area (Å²) in [6, 6.07) is 17.0. The van der Waals surface area contributed by atoms with Crippen LogP contribution in [0.15, 0.2) is 67.3 Å². The highest BCUT2D eigenvalue weighted by Crippen LogP contribution is 2.19. The van der Waals surface area contributed by atoms with E-state index >= 15 is 0 Å². The summed E-state index contributed by atoms with van der Waals surface area (Å²) in [6.45, 7) is 7.86. The molecule has 2 aromatic rings. The van der Waals surface area contributed by atoms with Crippen LogP contribution in [0.1, 0.15) is 18.1 Å². The van der Waals surface area contributed by atoms with Gasteiger partial charge in [0.25, 0.3) is 0 Å². The first-order valence-electron chi connectivity index (χ1n) is 9.14. The van der Waals surface area contributed by atoms with Crippen LogP contribution in [0.5, 0.6) is 0 Å². The predicted octanol–water partition coefficient (Wildman–Crippen LogP) is 4.10. The van der Waals surface area contributed by atoms with E-state index in [1.165, 1.54) is 5.01 Å². The summed E-state index contributed by atoms with van der Waals surface area (Å²) in [6.07, 6.45) is 1.02. The summed E-state index contributed by atoms with van der Waals surface area (Å²) < 4.78 is 10.5. The Morgan fingerprint density at radius 1 is 1.04 bits per heavy atom. The molecule has 28 heavy (non-hydrogen) atoms. The van der Waals surface area contributed by atoms with Crippen molar-refractivity contribution in [1.82, 2.24) is 5.01 Å². The van der Waals surface area contributed by atoms with Crippen LogP contribution in [0, 0.1) is 6.92 Å². The first kappa shape index (κ1) is 21.0. The molecule has 0 unspecified atom stereocenters. The second-order valence-corrected chi connectivity index (χ2v) is 6.11. The van der Waals surface area contributed by atoms with E-state index in [0.29, 0.717) is 6.54 Å². The maximum Gasteiger partial charge on any atom is 0.429 e. The van der Waals surface area contributed by atoms with Gasteiger partial charge in [-0.3, -0.25) is 9.80 Å². The fourth-order valence-electron chi connectivity index (χ4n) is 2.55. The Balaban J connectivity index is 2.23. The first-order chi connectivity index (χ1) is 13.5. The van der Waals surface area contributed by atoms with Crippen LogP contribution in [-0.4, -0.2) is 36.8 Å². The van der Waals surface area contributed by atoms with Gasteiger partial charge in [0.15, 0.2) is 0 Å². The van der Waals surface area contributed by atoms with Crippen molar-refractivity contribution in [2.75, 3.05) is 24.7 Å². The number of carbonyl (C=O) groups is 2. The van der Waals surface area contributed by atoms with Crippen LogP contribution in [-0.2, 0) is 20.9 Å². The van der Waals surface area contributed by atoms with E-state index in [1.54, 1.807) is 18.0 Å². The molecule has 0 saturated heterocycles. The monoisotopic (exact) mass is 382 g/mol. The van der Waals surface area contributed by atoms with Crippen molar-refractivity contribution in [2.24, 2.45) is 0 Å². The maximum atomic E-state index is 12.8. The number of hydrazine groups is 1. The molecule has 2 aromatic carbocycles. The van der Waals surface area contributed by atoms with E-state index in [4.69, 9.17) is 9.47 Å². The zero-order chi connectivity index (χ0) is 20.4. The van der Waals surface area contributed by atoms with E-state index in [2.05, 4.69) is 6.58 Å². The summed E-state index contributed by atoms with van der Waals surface area (Å²) >= 11 is 0. The number of aryl methyl sites for hydroxylation is 1. The number of hydrogen-bond acceptors (Lipinski definition) is 5. The van der Waals surface area contributed by atoms with Crippen molar-refractivity contribution in [3.05, 3.63) is 78.4 Å². The average molecular weight is 382 g/mol. The summed E-state index contributed by atoms with van der Waals surface area (Å²) in [7, 11) is 0. The van der Waals surface area contributed by atoms with Gasteiger partial charge in [-0.05, 0) is 31.5 Å². The van der Waals surface area contributed by atoms with Gasteiger partial charge >= 0.3 is 12.1 Å². The van der Waals surface area contributed by atoms with Gasteiger partial charge in [-0.2, -0.15) is 0 Å². The van der Waals surface area contributed by atoms with E-state index in [1.807, 2.05) is 61.5 Å². The fourth-order valence-corrected chi connectivity index (χ4v) is 2.55. The molecule has 0 N–H and O–H groups in total. The van der Waals surface area contributed by atoms with Crippen molar-refractivity contribution < 1.29 is 19.1 Å². The summed E-state index contributed by atoms with van der Waals surface area (Å²) in [5.41, 5.74) is 2.69. The minimum atomic E-state index is -0.640. The van der Waals surface area contributed by atoms with Gasteiger partial charge in [0.2, 0.25) is 0 Å². The standard InChI is InChI=1S/C22H26N2O4/c1-4-15-23(20-13-11-18(3)12-14-20)24(16-21(25)27-5-2)22(26)28-17-19-9-7-6-8-10-19/h4,6-14H,1,5,15-17H2,2-3H3. The second kappa shape index (κ2) is 10.8. The third kappa shape index (κ3) is 6.16. The van der Waals surface area contributed by atoms with Crippen LogP contribution in [0.4, 0.5) is 10.5 Å². The van der Waals surface area contributed by atoms with Crippen molar-refractivity contribution in [2.45, 2.75) is 20.5 Å². The lowest BCUT2D eigenvalue weighted by Gasteiger charge is -2.34. The van der Waals surface area contributed by atoms with Crippen molar-refractivity contribution >= 4 is 17.7 Å². The van der Waals surface area contributed by atoms with Crippen molar-refractivity contribution in [1.29, 1.82) is 0 Å². The molecule has 0 radical (unpaired) electrons. The molecule has 0 saturated carbocycles. The lowest BCUT2D eigenvalue weighted by atomic mass is 10.2. The zero-order valence-electron chi connectivity index (χ0n) is 16.3. The first-order valence-corrected chi connectivity index (χ1v) is 9.14. The van der Waals surface area contributed by atoms with Gasteiger partial charge in [-0.25, -0.2) is 9.80 Å². The molecule has 0 bridgehead atoms. The Morgan fingerprint density at radius 3 is 2.32 bits per heavy atom. The Morgan fingerprint density at radius 2 is 1.71 bits per heavy atom. The molecule has 0 aliphatic carbocycles. The van der Waals surface area contributed by atoms with Gasteiger partial charge in [-0.15, -0.1) is 6.58 Å². The number of nitrogens with zero attached hydrogens (tertiary/aromatic N) is 2. The summed E-state index contributed by atoms with van der Waals surface area (Å²) in [4.78, 5) is 24.9. The van der Waals surface area contributed by atoms with Crippen LogP contribution < -0.4 is 5.01 Å². The summed E-state index contributed by atoms with van der Waals surface area (Å²) in [5.74, 6) is -0.514. The number of carbonyl (C=O) groups excluding carboxylic acids is 2. The Kier molecular flexibility index (Phi) is 8.09. The minimum absolute atomic E-state index is 0.106. The molecule has 0 heterocycles. The smallest absolute Gasteiger partial charge is 0.429 e. The van der Waals surface area contributed by atoms with Crippen molar-refractivity contribution in [3.63, 3.8) is 0 Å². The van der Waals surface area contributed by atoms with Crippen LogP contribution >= 0.6 is 0 Å².